The molecule has 3 aromatic carbocycles. The maximum Gasteiger partial charge on any atom is 0.282 e. The predicted octanol–water partition coefficient (Wildman–Crippen LogP) is 7.76. The summed E-state index contributed by atoms with van der Waals surface area (Å²) in [5.41, 5.74) is 1.95. The molecule has 0 atom stereocenters. The third-order valence-corrected chi connectivity index (χ3v) is 6.96. The van der Waals surface area contributed by atoms with Crippen molar-refractivity contribution in [2.45, 2.75) is 13.5 Å². The number of rotatable bonds is 5. The van der Waals surface area contributed by atoms with E-state index in [1.807, 2.05) is 24.3 Å². The highest BCUT2D eigenvalue weighted by Crippen LogP contribution is 2.35. The SMILES string of the molecule is Cc1nc2ccc(Br)cc2c(=O)n1N=Cc1cc(Br)c(OCc2ccc(Cl)cc2Cl)c(Br)c1. The molecule has 0 saturated heterocycles. The van der Waals surface area contributed by atoms with Crippen LogP contribution in [0.25, 0.3) is 10.9 Å². The number of aromatic nitrogens is 2. The van der Waals surface area contributed by atoms with Crippen molar-refractivity contribution in [1.29, 1.82) is 0 Å². The lowest BCUT2D eigenvalue weighted by molar-refractivity contribution is 0.302. The van der Waals surface area contributed by atoms with Crippen molar-refractivity contribution in [2.75, 3.05) is 0 Å². The summed E-state index contributed by atoms with van der Waals surface area (Å²) in [5, 5.41) is 5.96. The highest BCUT2D eigenvalue weighted by molar-refractivity contribution is 9.11. The van der Waals surface area contributed by atoms with Crippen LogP contribution in [0.3, 0.4) is 0 Å². The molecule has 0 saturated carbocycles. The molecule has 0 aliphatic heterocycles. The van der Waals surface area contributed by atoms with E-state index < -0.39 is 0 Å². The van der Waals surface area contributed by atoms with Gasteiger partial charge in [0, 0.05) is 20.1 Å². The molecule has 0 amide bonds. The second-order valence-corrected chi connectivity index (χ2v) is 10.5. The standard InChI is InChI=1S/C23H14Br3Cl2N3O2/c1-12-30-21-5-3-15(24)8-17(21)23(32)31(12)29-10-13-6-18(25)22(19(26)7-13)33-11-14-2-4-16(27)9-20(14)28/h2-10H,11H2,1H3. The minimum atomic E-state index is -0.243. The molecule has 0 unspecified atom stereocenters. The van der Waals surface area contributed by atoms with Crippen molar-refractivity contribution < 1.29 is 4.74 Å². The third-order valence-electron chi connectivity index (χ3n) is 4.70. The first-order chi connectivity index (χ1) is 15.7. The average molecular weight is 675 g/mol. The Balaban J connectivity index is 1.60. The topological polar surface area (TPSA) is 56.5 Å². The summed E-state index contributed by atoms with van der Waals surface area (Å²) in [5.74, 6) is 1.10. The molecule has 4 aromatic rings. The van der Waals surface area contributed by atoms with Crippen LogP contribution in [-0.2, 0) is 6.61 Å². The second kappa shape index (κ2) is 10.3. The van der Waals surface area contributed by atoms with Gasteiger partial charge >= 0.3 is 0 Å². The number of halogens is 5. The fraction of sp³-hybridized carbons (Fsp3) is 0.0870. The van der Waals surface area contributed by atoms with Gasteiger partial charge in [-0.3, -0.25) is 4.79 Å². The number of hydrogen-bond donors (Lipinski definition) is 0. The maximum atomic E-state index is 12.9. The zero-order chi connectivity index (χ0) is 23.7. The van der Waals surface area contributed by atoms with Gasteiger partial charge in [0.15, 0.2) is 0 Å². The molecule has 0 aliphatic rings. The van der Waals surface area contributed by atoms with Gasteiger partial charge < -0.3 is 4.74 Å². The summed E-state index contributed by atoms with van der Waals surface area (Å²) in [6.45, 7) is 2.01. The molecule has 0 fully saturated rings. The van der Waals surface area contributed by atoms with Crippen molar-refractivity contribution in [1.82, 2.24) is 9.66 Å². The van der Waals surface area contributed by atoms with Crippen LogP contribution in [-0.4, -0.2) is 15.9 Å². The van der Waals surface area contributed by atoms with E-state index >= 15 is 0 Å². The Morgan fingerprint density at radius 3 is 2.48 bits per heavy atom. The normalized spacial score (nSPS) is 11.5. The van der Waals surface area contributed by atoms with Crippen LogP contribution in [0.5, 0.6) is 5.75 Å². The van der Waals surface area contributed by atoms with Crippen molar-refractivity contribution in [2.24, 2.45) is 5.10 Å². The number of benzene rings is 3. The maximum absolute atomic E-state index is 12.9. The van der Waals surface area contributed by atoms with Gasteiger partial charge in [-0.1, -0.05) is 45.2 Å². The van der Waals surface area contributed by atoms with E-state index in [0.717, 1.165) is 15.6 Å². The van der Waals surface area contributed by atoms with Crippen LogP contribution in [0.4, 0.5) is 0 Å². The third kappa shape index (κ3) is 5.52. The van der Waals surface area contributed by atoms with Crippen LogP contribution < -0.4 is 10.3 Å². The van der Waals surface area contributed by atoms with Gasteiger partial charge in [0.1, 0.15) is 18.2 Å². The smallest absolute Gasteiger partial charge is 0.282 e. The Morgan fingerprint density at radius 1 is 1.06 bits per heavy atom. The minimum absolute atomic E-state index is 0.243. The Labute approximate surface area is 224 Å². The van der Waals surface area contributed by atoms with Crippen LogP contribution in [0, 0.1) is 6.92 Å². The molecule has 4 rings (SSSR count). The molecule has 0 bridgehead atoms. The van der Waals surface area contributed by atoms with Crippen LogP contribution in [0.15, 0.2) is 71.8 Å². The molecule has 5 nitrogen and oxygen atoms in total. The molecular weight excluding hydrogens is 661 g/mol. The van der Waals surface area contributed by atoms with Crippen LogP contribution in [0.2, 0.25) is 10.0 Å². The summed E-state index contributed by atoms with van der Waals surface area (Å²) in [6.07, 6.45) is 1.59. The quantitative estimate of drug-likeness (QED) is 0.204. The number of ether oxygens (including phenoxy) is 1. The first-order valence-electron chi connectivity index (χ1n) is 9.52. The monoisotopic (exact) mass is 671 g/mol. The number of fused-ring (bicyclic) bond motifs is 1. The van der Waals surface area contributed by atoms with Gasteiger partial charge in [-0.05, 0) is 86.8 Å². The van der Waals surface area contributed by atoms with E-state index in [1.54, 1.807) is 37.4 Å². The summed E-state index contributed by atoms with van der Waals surface area (Å²) in [6, 6.07) is 14.3. The molecular formula is C23H14Br3Cl2N3O2. The molecule has 10 heteroatoms. The van der Waals surface area contributed by atoms with E-state index in [1.165, 1.54) is 4.68 Å². The van der Waals surface area contributed by atoms with E-state index in [0.29, 0.717) is 41.5 Å². The highest BCUT2D eigenvalue weighted by atomic mass is 79.9. The Morgan fingerprint density at radius 2 is 1.79 bits per heavy atom. The average Bonchev–Trinajstić information content (AvgIpc) is 2.75. The zero-order valence-corrected chi connectivity index (χ0v) is 23.2. The van der Waals surface area contributed by atoms with E-state index in [9.17, 15) is 4.79 Å². The molecule has 0 spiro atoms. The van der Waals surface area contributed by atoms with Gasteiger partial charge in [-0.2, -0.15) is 9.78 Å². The van der Waals surface area contributed by atoms with Gasteiger partial charge in [0.05, 0.1) is 26.1 Å². The number of aryl methyl sites for hydroxylation is 1. The molecule has 1 aromatic heterocycles. The molecule has 1 heterocycles. The molecule has 0 radical (unpaired) electrons. The number of hydrogen-bond acceptors (Lipinski definition) is 4. The molecule has 168 valence electrons. The van der Waals surface area contributed by atoms with Gasteiger partial charge in [-0.15, -0.1) is 0 Å². The highest BCUT2D eigenvalue weighted by Gasteiger charge is 2.11. The van der Waals surface area contributed by atoms with Crippen molar-refractivity contribution in [3.63, 3.8) is 0 Å². The van der Waals surface area contributed by atoms with Crippen molar-refractivity contribution >= 4 is 88.1 Å². The summed E-state index contributed by atoms with van der Waals surface area (Å²) < 4.78 is 9.47. The predicted molar refractivity (Wildman–Crippen MR) is 144 cm³/mol. The Hall–Kier alpha value is -1.71. The first kappa shape index (κ1) is 24.4. The van der Waals surface area contributed by atoms with Gasteiger partial charge in [-0.25, -0.2) is 4.98 Å². The Kier molecular flexibility index (Phi) is 7.60. The van der Waals surface area contributed by atoms with Crippen molar-refractivity contribution in [3.8, 4) is 5.75 Å². The van der Waals surface area contributed by atoms with E-state index in [-0.39, 0.29) is 12.2 Å². The lowest BCUT2D eigenvalue weighted by Gasteiger charge is -2.12. The zero-order valence-electron chi connectivity index (χ0n) is 17.0. The minimum Gasteiger partial charge on any atom is -0.486 e. The summed E-state index contributed by atoms with van der Waals surface area (Å²) in [7, 11) is 0. The van der Waals surface area contributed by atoms with Gasteiger partial charge in [0.2, 0.25) is 0 Å². The van der Waals surface area contributed by atoms with Gasteiger partial charge in [0.25, 0.3) is 5.56 Å². The molecule has 0 N–H and O–H groups in total. The number of nitrogens with zero attached hydrogens (tertiary/aromatic N) is 3. The lowest BCUT2D eigenvalue weighted by atomic mass is 10.2. The van der Waals surface area contributed by atoms with Crippen LogP contribution >= 0.6 is 71.0 Å². The summed E-state index contributed by atoms with van der Waals surface area (Å²) in [4.78, 5) is 17.4. The van der Waals surface area contributed by atoms with E-state index in [4.69, 9.17) is 27.9 Å². The van der Waals surface area contributed by atoms with Crippen molar-refractivity contribution in [3.05, 3.63) is 99.3 Å². The first-order valence-corrected chi connectivity index (χ1v) is 12.7. The second-order valence-electron chi connectivity index (χ2n) is 7.02. The van der Waals surface area contributed by atoms with E-state index in [2.05, 4.69) is 57.9 Å². The summed E-state index contributed by atoms with van der Waals surface area (Å²) >= 11 is 22.7. The fourth-order valence-electron chi connectivity index (χ4n) is 3.10. The largest absolute Gasteiger partial charge is 0.486 e. The van der Waals surface area contributed by atoms with Crippen LogP contribution in [0.1, 0.15) is 17.0 Å². The molecule has 0 aliphatic carbocycles. The lowest BCUT2D eigenvalue weighted by Crippen LogP contribution is -2.20. The fourth-order valence-corrected chi connectivity index (χ4v) is 5.38. The molecule has 33 heavy (non-hydrogen) atoms. The Bertz CT molecular complexity index is 1450.